The predicted octanol–water partition coefficient (Wildman–Crippen LogP) is 1.78. The van der Waals surface area contributed by atoms with Gasteiger partial charge in [-0.2, -0.15) is 0 Å². The van der Waals surface area contributed by atoms with E-state index in [4.69, 9.17) is 0 Å². The normalized spacial score (nSPS) is 18.6. The van der Waals surface area contributed by atoms with E-state index in [1.165, 1.54) is 6.92 Å². The number of nitrogens with zero attached hydrogens (tertiary/aromatic N) is 3. The lowest BCUT2D eigenvalue weighted by molar-refractivity contribution is -0.135. The number of benzene rings is 1. The first-order chi connectivity index (χ1) is 13.9. The van der Waals surface area contributed by atoms with Gasteiger partial charge in [-0.05, 0) is 30.5 Å². The number of nitrogens with one attached hydrogen (secondary N) is 1. The number of amides is 3. The van der Waals surface area contributed by atoms with Crippen LogP contribution in [0.5, 0.6) is 0 Å². The lowest BCUT2D eigenvalue weighted by atomic mass is 10.0. The molecular formula is C21H29BrN4O3. The number of carbonyl (C=O) groups excluding carboxylic acids is 3. The van der Waals surface area contributed by atoms with Crippen molar-refractivity contribution in [3.8, 4) is 0 Å². The SMILES string of the molecule is CC(=O)NC(CC(=O)N1CCN(CC(=O)N2CCCC2)CC1)c1ccc(Br)cc1. The molecule has 0 aromatic heterocycles. The molecule has 2 heterocycles. The third kappa shape index (κ3) is 6.27. The molecule has 8 heteroatoms. The van der Waals surface area contributed by atoms with Crippen LogP contribution in [0.15, 0.2) is 28.7 Å². The van der Waals surface area contributed by atoms with Crippen LogP contribution in [-0.2, 0) is 14.4 Å². The van der Waals surface area contributed by atoms with Crippen molar-refractivity contribution < 1.29 is 14.4 Å². The van der Waals surface area contributed by atoms with Crippen LogP contribution in [0.3, 0.4) is 0 Å². The zero-order valence-electron chi connectivity index (χ0n) is 16.9. The van der Waals surface area contributed by atoms with Gasteiger partial charge in [0, 0.05) is 50.7 Å². The number of hydrogen-bond acceptors (Lipinski definition) is 4. The first-order valence-electron chi connectivity index (χ1n) is 10.2. The summed E-state index contributed by atoms with van der Waals surface area (Å²) in [4.78, 5) is 42.7. The minimum atomic E-state index is -0.345. The second kappa shape index (κ2) is 10.2. The smallest absolute Gasteiger partial charge is 0.236 e. The molecule has 1 unspecified atom stereocenters. The van der Waals surface area contributed by atoms with E-state index in [1.54, 1.807) is 0 Å². The predicted molar refractivity (Wildman–Crippen MR) is 114 cm³/mol. The minimum absolute atomic E-state index is 0.0252. The van der Waals surface area contributed by atoms with Gasteiger partial charge in [0.05, 0.1) is 19.0 Å². The Kier molecular flexibility index (Phi) is 7.66. The molecule has 0 aliphatic carbocycles. The Balaban J connectivity index is 1.51. The highest BCUT2D eigenvalue weighted by Crippen LogP contribution is 2.21. The Hall–Kier alpha value is -1.93. The third-order valence-corrected chi connectivity index (χ3v) is 6.10. The first kappa shape index (κ1) is 21.8. The fraction of sp³-hybridized carbons (Fsp3) is 0.571. The molecule has 2 saturated heterocycles. The van der Waals surface area contributed by atoms with E-state index in [0.29, 0.717) is 32.7 Å². The Labute approximate surface area is 180 Å². The number of rotatable bonds is 6. The lowest BCUT2D eigenvalue weighted by Crippen LogP contribution is -2.51. The van der Waals surface area contributed by atoms with Crippen LogP contribution in [0.2, 0.25) is 0 Å². The summed E-state index contributed by atoms with van der Waals surface area (Å²) in [6, 6.07) is 7.30. The Morgan fingerprint density at radius 3 is 2.10 bits per heavy atom. The highest BCUT2D eigenvalue weighted by atomic mass is 79.9. The van der Waals surface area contributed by atoms with Crippen molar-refractivity contribution in [1.29, 1.82) is 0 Å². The number of carbonyl (C=O) groups is 3. The molecule has 3 amide bonds. The van der Waals surface area contributed by atoms with Crippen LogP contribution >= 0.6 is 15.9 Å². The van der Waals surface area contributed by atoms with E-state index in [0.717, 1.165) is 36.0 Å². The van der Waals surface area contributed by atoms with Crippen LogP contribution < -0.4 is 5.32 Å². The number of likely N-dealkylation sites (tertiary alicyclic amines) is 1. The summed E-state index contributed by atoms with van der Waals surface area (Å²) in [5.74, 6) is 0.0661. The van der Waals surface area contributed by atoms with Gasteiger partial charge in [-0.15, -0.1) is 0 Å². The van der Waals surface area contributed by atoms with Crippen molar-refractivity contribution in [2.75, 3.05) is 45.8 Å². The summed E-state index contributed by atoms with van der Waals surface area (Å²) in [5, 5.41) is 2.89. The fourth-order valence-corrected chi connectivity index (χ4v) is 4.17. The van der Waals surface area contributed by atoms with Gasteiger partial charge >= 0.3 is 0 Å². The molecule has 1 N–H and O–H groups in total. The molecule has 29 heavy (non-hydrogen) atoms. The maximum atomic E-state index is 12.8. The monoisotopic (exact) mass is 464 g/mol. The average Bonchev–Trinajstić information content (AvgIpc) is 3.23. The molecule has 158 valence electrons. The maximum absolute atomic E-state index is 12.8. The molecule has 2 aliphatic rings. The topological polar surface area (TPSA) is 73.0 Å². The van der Waals surface area contributed by atoms with E-state index in [9.17, 15) is 14.4 Å². The minimum Gasteiger partial charge on any atom is -0.349 e. The van der Waals surface area contributed by atoms with Gasteiger partial charge in [0.2, 0.25) is 17.7 Å². The maximum Gasteiger partial charge on any atom is 0.236 e. The summed E-state index contributed by atoms with van der Waals surface area (Å²) >= 11 is 3.41. The van der Waals surface area contributed by atoms with Gasteiger partial charge < -0.3 is 15.1 Å². The fourth-order valence-electron chi connectivity index (χ4n) is 3.91. The highest BCUT2D eigenvalue weighted by molar-refractivity contribution is 9.10. The van der Waals surface area contributed by atoms with Crippen LogP contribution in [0.1, 0.15) is 37.8 Å². The van der Waals surface area contributed by atoms with Crippen molar-refractivity contribution in [3.05, 3.63) is 34.3 Å². The van der Waals surface area contributed by atoms with Crippen LogP contribution in [0.25, 0.3) is 0 Å². The summed E-state index contributed by atoms with van der Waals surface area (Å²) in [5.41, 5.74) is 0.909. The van der Waals surface area contributed by atoms with Crippen molar-refractivity contribution in [2.24, 2.45) is 0 Å². The summed E-state index contributed by atoms with van der Waals surface area (Å²) in [7, 11) is 0. The van der Waals surface area contributed by atoms with Crippen LogP contribution in [0, 0.1) is 0 Å². The summed E-state index contributed by atoms with van der Waals surface area (Å²) in [6.07, 6.45) is 2.43. The van der Waals surface area contributed by atoms with Crippen LogP contribution in [0.4, 0.5) is 0 Å². The standard InChI is InChI=1S/C21H29BrN4O3/c1-16(27)23-19(17-4-6-18(22)7-5-17)14-20(28)26-12-10-24(11-13-26)15-21(29)25-8-2-3-9-25/h4-7,19H,2-3,8-15H2,1H3,(H,23,27). The van der Waals surface area contributed by atoms with Crippen molar-refractivity contribution in [1.82, 2.24) is 20.0 Å². The van der Waals surface area contributed by atoms with Crippen molar-refractivity contribution in [2.45, 2.75) is 32.2 Å². The highest BCUT2D eigenvalue weighted by Gasteiger charge is 2.27. The van der Waals surface area contributed by atoms with E-state index in [1.807, 2.05) is 34.1 Å². The molecule has 3 rings (SSSR count). The second-order valence-corrected chi connectivity index (χ2v) is 8.67. The van der Waals surface area contributed by atoms with E-state index < -0.39 is 0 Å². The Morgan fingerprint density at radius 2 is 1.52 bits per heavy atom. The number of piperazine rings is 1. The average molecular weight is 465 g/mol. The molecule has 1 aromatic carbocycles. The lowest BCUT2D eigenvalue weighted by Gasteiger charge is -2.35. The molecule has 7 nitrogen and oxygen atoms in total. The first-order valence-corrected chi connectivity index (χ1v) is 11.0. The van der Waals surface area contributed by atoms with E-state index in [-0.39, 0.29) is 30.2 Å². The van der Waals surface area contributed by atoms with Gasteiger partial charge in [0.15, 0.2) is 0 Å². The molecule has 0 spiro atoms. The van der Waals surface area contributed by atoms with Gasteiger partial charge in [-0.1, -0.05) is 28.1 Å². The third-order valence-electron chi connectivity index (χ3n) is 5.57. The molecule has 1 aromatic rings. The number of halogens is 1. The van der Waals surface area contributed by atoms with Gasteiger partial charge in [0.1, 0.15) is 0 Å². The van der Waals surface area contributed by atoms with Crippen LogP contribution in [-0.4, -0.2) is 78.2 Å². The van der Waals surface area contributed by atoms with Gasteiger partial charge in [-0.25, -0.2) is 0 Å². The molecule has 2 aliphatic heterocycles. The molecule has 1 atom stereocenters. The molecule has 0 radical (unpaired) electrons. The zero-order valence-corrected chi connectivity index (χ0v) is 18.5. The zero-order chi connectivity index (χ0) is 20.8. The summed E-state index contributed by atoms with van der Waals surface area (Å²) < 4.78 is 0.953. The summed E-state index contributed by atoms with van der Waals surface area (Å²) in [6.45, 7) is 6.28. The van der Waals surface area contributed by atoms with Crippen molar-refractivity contribution in [3.63, 3.8) is 0 Å². The largest absolute Gasteiger partial charge is 0.349 e. The van der Waals surface area contributed by atoms with Gasteiger partial charge in [0.25, 0.3) is 0 Å². The molecule has 0 saturated carbocycles. The molecular weight excluding hydrogens is 436 g/mol. The second-order valence-electron chi connectivity index (χ2n) is 7.75. The van der Waals surface area contributed by atoms with E-state index >= 15 is 0 Å². The quantitative estimate of drug-likeness (QED) is 0.696. The van der Waals surface area contributed by atoms with E-state index in [2.05, 4.69) is 26.1 Å². The van der Waals surface area contributed by atoms with Gasteiger partial charge in [-0.3, -0.25) is 19.3 Å². The Morgan fingerprint density at radius 1 is 0.931 bits per heavy atom. The Bertz CT molecular complexity index is 726. The molecule has 2 fully saturated rings. The molecule has 0 bridgehead atoms. The van der Waals surface area contributed by atoms with Crippen molar-refractivity contribution >= 4 is 33.7 Å². The number of hydrogen-bond donors (Lipinski definition) is 1.